The zero-order valence-corrected chi connectivity index (χ0v) is 14.5. The molecule has 0 heterocycles. The van der Waals surface area contributed by atoms with Gasteiger partial charge in [-0.15, -0.1) is 0 Å². The molecule has 3 rings (SSSR count). The van der Waals surface area contributed by atoms with Crippen LogP contribution in [0.2, 0.25) is 5.02 Å². The molecule has 0 saturated carbocycles. The SMILES string of the molecule is Fc1ccc(CNCc2ccccc2OCc2ccc(Cl)cc2)cc1. The van der Waals surface area contributed by atoms with Crippen molar-refractivity contribution >= 4 is 11.6 Å². The Kier molecular flexibility index (Phi) is 6.04. The molecule has 0 amide bonds. The molecule has 0 fully saturated rings. The molecule has 0 bridgehead atoms. The predicted molar refractivity (Wildman–Crippen MR) is 99.2 cm³/mol. The predicted octanol–water partition coefficient (Wildman–Crippen LogP) is 5.35. The van der Waals surface area contributed by atoms with Crippen molar-refractivity contribution in [3.63, 3.8) is 0 Å². The standard InChI is InChI=1S/C21H19ClFNO/c22-19-9-5-17(6-10-19)15-25-21-4-2-1-3-18(21)14-24-13-16-7-11-20(23)12-8-16/h1-12,24H,13-15H2. The van der Waals surface area contributed by atoms with Gasteiger partial charge in [0, 0.05) is 23.7 Å². The van der Waals surface area contributed by atoms with Crippen molar-refractivity contribution in [1.29, 1.82) is 0 Å². The second-order valence-corrected chi connectivity index (χ2v) is 6.19. The van der Waals surface area contributed by atoms with E-state index in [1.807, 2.05) is 48.5 Å². The normalized spacial score (nSPS) is 10.6. The van der Waals surface area contributed by atoms with E-state index < -0.39 is 0 Å². The molecule has 3 aromatic rings. The number of rotatable bonds is 7. The lowest BCUT2D eigenvalue weighted by molar-refractivity contribution is 0.302. The molecule has 0 radical (unpaired) electrons. The fourth-order valence-electron chi connectivity index (χ4n) is 2.48. The average Bonchev–Trinajstić information content (AvgIpc) is 2.64. The van der Waals surface area contributed by atoms with Crippen LogP contribution in [0, 0.1) is 5.82 Å². The van der Waals surface area contributed by atoms with Gasteiger partial charge in [0.1, 0.15) is 18.2 Å². The highest BCUT2D eigenvalue weighted by Gasteiger charge is 2.04. The number of benzene rings is 3. The van der Waals surface area contributed by atoms with Gasteiger partial charge in [0.15, 0.2) is 0 Å². The Morgan fingerprint density at radius 2 is 1.48 bits per heavy atom. The summed E-state index contributed by atoms with van der Waals surface area (Å²) in [6.07, 6.45) is 0. The fraction of sp³-hybridized carbons (Fsp3) is 0.143. The van der Waals surface area contributed by atoms with Crippen LogP contribution < -0.4 is 10.1 Å². The van der Waals surface area contributed by atoms with Crippen LogP contribution in [0.5, 0.6) is 5.75 Å². The summed E-state index contributed by atoms with van der Waals surface area (Å²) in [6, 6.07) is 22.1. The maximum absolute atomic E-state index is 12.9. The first kappa shape index (κ1) is 17.5. The third-order valence-electron chi connectivity index (χ3n) is 3.84. The highest BCUT2D eigenvalue weighted by atomic mass is 35.5. The Morgan fingerprint density at radius 3 is 2.24 bits per heavy atom. The number of para-hydroxylation sites is 1. The van der Waals surface area contributed by atoms with Crippen LogP contribution in [0.1, 0.15) is 16.7 Å². The summed E-state index contributed by atoms with van der Waals surface area (Å²) >= 11 is 5.90. The molecule has 4 heteroatoms. The van der Waals surface area contributed by atoms with Crippen LogP contribution in [-0.2, 0) is 19.7 Å². The van der Waals surface area contributed by atoms with E-state index in [2.05, 4.69) is 5.32 Å². The molecular formula is C21H19ClFNO. The monoisotopic (exact) mass is 355 g/mol. The highest BCUT2D eigenvalue weighted by Crippen LogP contribution is 2.20. The van der Waals surface area contributed by atoms with Gasteiger partial charge in [-0.2, -0.15) is 0 Å². The van der Waals surface area contributed by atoms with Gasteiger partial charge in [0.05, 0.1) is 0 Å². The summed E-state index contributed by atoms with van der Waals surface area (Å²) in [6.45, 7) is 1.84. The summed E-state index contributed by atoms with van der Waals surface area (Å²) < 4.78 is 18.9. The molecule has 128 valence electrons. The van der Waals surface area contributed by atoms with Crippen molar-refractivity contribution in [2.24, 2.45) is 0 Å². The van der Waals surface area contributed by atoms with Gasteiger partial charge in [-0.25, -0.2) is 4.39 Å². The molecule has 0 atom stereocenters. The largest absolute Gasteiger partial charge is 0.489 e. The average molecular weight is 356 g/mol. The molecule has 0 aliphatic carbocycles. The van der Waals surface area contributed by atoms with Crippen molar-refractivity contribution in [2.75, 3.05) is 0 Å². The van der Waals surface area contributed by atoms with Crippen LogP contribution in [-0.4, -0.2) is 0 Å². The summed E-state index contributed by atoms with van der Waals surface area (Å²) in [5, 5.41) is 4.08. The molecule has 2 nitrogen and oxygen atoms in total. The van der Waals surface area contributed by atoms with Crippen molar-refractivity contribution < 1.29 is 9.13 Å². The molecule has 0 spiro atoms. The minimum Gasteiger partial charge on any atom is -0.489 e. The Hall–Kier alpha value is -2.36. The molecule has 0 saturated heterocycles. The molecule has 0 aliphatic heterocycles. The molecule has 25 heavy (non-hydrogen) atoms. The number of hydrogen-bond acceptors (Lipinski definition) is 2. The Labute approximate surface area is 152 Å². The summed E-state index contributed by atoms with van der Waals surface area (Å²) in [5.41, 5.74) is 3.19. The first-order valence-corrected chi connectivity index (χ1v) is 8.49. The lowest BCUT2D eigenvalue weighted by atomic mass is 10.1. The minimum atomic E-state index is -0.218. The van der Waals surface area contributed by atoms with E-state index in [9.17, 15) is 4.39 Å². The summed E-state index contributed by atoms with van der Waals surface area (Å²) in [7, 11) is 0. The first-order valence-electron chi connectivity index (χ1n) is 8.11. The Balaban J connectivity index is 1.56. The van der Waals surface area contributed by atoms with Crippen LogP contribution in [0.15, 0.2) is 72.8 Å². The lowest BCUT2D eigenvalue weighted by Gasteiger charge is -2.12. The number of hydrogen-bond donors (Lipinski definition) is 1. The Bertz CT molecular complexity index is 803. The van der Waals surface area contributed by atoms with Gasteiger partial charge in [-0.3, -0.25) is 0 Å². The van der Waals surface area contributed by atoms with Crippen molar-refractivity contribution in [3.8, 4) is 5.75 Å². The van der Waals surface area contributed by atoms with E-state index in [0.717, 1.165) is 22.4 Å². The second-order valence-electron chi connectivity index (χ2n) is 5.75. The maximum Gasteiger partial charge on any atom is 0.124 e. The smallest absolute Gasteiger partial charge is 0.124 e. The molecule has 0 aromatic heterocycles. The van der Waals surface area contributed by atoms with E-state index in [-0.39, 0.29) is 5.82 Å². The third kappa shape index (κ3) is 5.31. The molecule has 0 unspecified atom stereocenters. The van der Waals surface area contributed by atoms with Gasteiger partial charge in [0.25, 0.3) is 0 Å². The Morgan fingerprint density at radius 1 is 0.800 bits per heavy atom. The lowest BCUT2D eigenvalue weighted by Crippen LogP contribution is -2.13. The van der Waals surface area contributed by atoms with Crippen LogP contribution in [0.3, 0.4) is 0 Å². The van der Waals surface area contributed by atoms with E-state index in [1.165, 1.54) is 12.1 Å². The van der Waals surface area contributed by atoms with Crippen molar-refractivity contribution in [1.82, 2.24) is 5.32 Å². The molecule has 0 aliphatic rings. The van der Waals surface area contributed by atoms with E-state index in [4.69, 9.17) is 16.3 Å². The number of ether oxygens (including phenoxy) is 1. The van der Waals surface area contributed by atoms with Crippen LogP contribution in [0.4, 0.5) is 4.39 Å². The van der Waals surface area contributed by atoms with Crippen LogP contribution >= 0.6 is 11.6 Å². The number of halogens is 2. The minimum absolute atomic E-state index is 0.218. The zero-order valence-electron chi connectivity index (χ0n) is 13.7. The van der Waals surface area contributed by atoms with Gasteiger partial charge in [-0.1, -0.05) is 54.1 Å². The zero-order chi connectivity index (χ0) is 17.5. The quantitative estimate of drug-likeness (QED) is 0.617. The maximum atomic E-state index is 12.9. The van der Waals surface area contributed by atoms with Gasteiger partial charge < -0.3 is 10.1 Å². The molecule has 1 N–H and O–H groups in total. The van der Waals surface area contributed by atoms with Crippen molar-refractivity contribution in [2.45, 2.75) is 19.7 Å². The van der Waals surface area contributed by atoms with Crippen LogP contribution in [0.25, 0.3) is 0 Å². The van der Waals surface area contributed by atoms with E-state index in [0.29, 0.717) is 24.7 Å². The van der Waals surface area contributed by atoms with Gasteiger partial charge >= 0.3 is 0 Å². The topological polar surface area (TPSA) is 21.3 Å². The second kappa shape index (κ2) is 8.65. The summed E-state index contributed by atoms with van der Waals surface area (Å²) in [5.74, 6) is 0.633. The van der Waals surface area contributed by atoms with E-state index >= 15 is 0 Å². The molecular weight excluding hydrogens is 337 g/mol. The van der Waals surface area contributed by atoms with Gasteiger partial charge in [-0.05, 0) is 41.5 Å². The highest BCUT2D eigenvalue weighted by molar-refractivity contribution is 6.30. The number of nitrogens with one attached hydrogen (secondary N) is 1. The third-order valence-corrected chi connectivity index (χ3v) is 4.09. The van der Waals surface area contributed by atoms with Gasteiger partial charge in [0.2, 0.25) is 0 Å². The summed E-state index contributed by atoms with van der Waals surface area (Å²) in [4.78, 5) is 0. The fourth-order valence-corrected chi connectivity index (χ4v) is 2.60. The molecule has 3 aromatic carbocycles. The van der Waals surface area contributed by atoms with Crippen molar-refractivity contribution in [3.05, 3.63) is 100 Å². The first-order chi connectivity index (χ1) is 12.2. The van der Waals surface area contributed by atoms with E-state index in [1.54, 1.807) is 12.1 Å².